The molecule has 35 heavy (non-hydrogen) atoms. The van der Waals surface area contributed by atoms with E-state index in [0.29, 0.717) is 41.6 Å². The molecular formula is C25H24ClN7O2. The number of fused-ring (bicyclic) bond motifs is 1. The Balaban J connectivity index is 1.50. The minimum Gasteiger partial charge on any atom is -0.395 e. The van der Waals surface area contributed by atoms with Gasteiger partial charge in [-0.1, -0.05) is 18.5 Å². The van der Waals surface area contributed by atoms with Gasteiger partial charge in [-0.2, -0.15) is 5.26 Å². The van der Waals surface area contributed by atoms with Crippen molar-refractivity contribution in [3.63, 3.8) is 0 Å². The highest BCUT2D eigenvalue weighted by molar-refractivity contribution is 6.30. The summed E-state index contributed by atoms with van der Waals surface area (Å²) in [6.45, 7) is 3.86. The molecule has 0 saturated carbocycles. The number of carbonyl (C=O) groups excluding carboxylic acids is 1. The summed E-state index contributed by atoms with van der Waals surface area (Å²) < 4.78 is 0. The summed E-state index contributed by atoms with van der Waals surface area (Å²) in [4.78, 5) is 28.0. The highest BCUT2D eigenvalue weighted by Crippen LogP contribution is 2.41. The zero-order valence-corrected chi connectivity index (χ0v) is 19.9. The van der Waals surface area contributed by atoms with Gasteiger partial charge in [0.1, 0.15) is 6.07 Å². The molecule has 1 unspecified atom stereocenters. The van der Waals surface area contributed by atoms with Crippen LogP contribution in [0.15, 0.2) is 36.7 Å². The molecule has 0 spiro atoms. The third-order valence-corrected chi connectivity index (χ3v) is 6.77. The quantitative estimate of drug-likeness (QED) is 0.495. The van der Waals surface area contributed by atoms with Gasteiger partial charge in [-0.3, -0.25) is 4.79 Å². The number of aliphatic hydroxyl groups excluding tert-OH is 1. The van der Waals surface area contributed by atoms with Gasteiger partial charge < -0.3 is 20.6 Å². The number of benzene rings is 1. The van der Waals surface area contributed by atoms with Crippen molar-refractivity contribution in [2.24, 2.45) is 0 Å². The molecular weight excluding hydrogens is 466 g/mol. The van der Waals surface area contributed by atoms with Crippen LogP contribution in [0, 0.1) is 11.3 Å². The molecule has 1 aromatic carbocycles. The monoisotopic (exact) mass is 489 g/mol. The number of aliphatic hydroxyl groups is 1. The second-order valence-corrected chi connectivity index (χ2v) is 9.51. The van der Waals surface area contributed by atoms with Gasteiger partial charge in [0.15, 0.2) is 5.69 Å². The molecule has 3 N–H and O–H groups in total. The Morgan fingerprint density at radius 3 is 2.86 bits per heavy atom. The van der Waals surface area contributed by atoms with Gasteiger partial charge in [0.2, 0.25) is 5.95 Å². The maximum atomic E-state index is 13.0. The van der Waals surface area contributed by atoms with E-state index >= 15 is 0 Å². The Morgan fingerprint density at radius 1 is 1.31 bits per heavy atom. The molecule has 178 valence electrons. The van der Waals surface area contributed by atoms with Crippen LogP contribution in [-0.2, 0) is 5.41 Å². The number of nitrogens with one attached hydrogen (secondary N) is 2. The van der Waals surface area contributed by atoms with Gasteiger partial charge in [-0.25, -0.2) is 15.0 Å². The molecule has 2 aromatic heterocycles. The summed E-state index contributed by atoms with van der Waals surface area (Å²) in [5.41, 5.74) is 3.62. The number of likely N-dealkylation sites (tertiary alicyclic amines) is 1. The molecule has 9 nitrogen and oxygen atoms in total. The van der Waals surface area contributed by atoms with Crippen LogP contribution >= 0.6 is 11.6 Å². The average Bonchev–Trinajstić information content (AvgIpc) is 3.53. The van der Waals surface area contributed by atoms with Gasteiger partial charge in [0, 0.05) is 43.0 Å². The van der Waals surface area contributed by atoms with Gasteiger partial charge in [-0.05, 0) is 42.7 Å². The number of amides is 1. The molecule has 2 aliphatic heterocycles. The second-order valence-electron chi connectivity index (χ2n) is 9.07. The van der Waals surface area contributed by atoms with Gasteiger partial charge in [0.25, 0.3) is 5.91 Å². The third-order valence-electron chi connectivity index (χ3n) is 6.56. The Labute approximate surface area is 207 Å². The van der Waals surface area contributed by atoms with Crippen molar-refractivity contribution in [1.29, 1.82) is 5.26 Å². The van der Waals surface area contributed by atoms with Crippen molar-refractivity contribution in [2.75, 3.05) is 36.9 Å². The Bertz CT molecular complexity index is 1350. The number of anilines is 3. The fourth-order valence-electron chi connectivity index (χ4n) is 4.54. The largest absolute Gasteiger partial charge is 0.395 e. The Morgan fingerprint density at radius 2 is 2.11 bits per heavy atom. The number of carbonyl (C=O) groups is 1. The number of nitriles is 1. The van der Waals surface area contributed by atoms with E-state index in [1.165, 1.54) is 6.20 Å². The summed E-state index contributed by atoms with van der Waals surface area (Å²) in [5.74, 6) is 0.106. The summed E-state index contributed by atoms with van der Waals surface area (Å²) in [6.07, 6.45) is 5.01. The van der Waals surface area contributed by atoms with Crippen LogP contribution in [0.2, 0.25) is 5.02 Å². The zero-order valence-electron chi connectivity index (χ0n) is 19.2. The van der Waals surface area contributed by atoms with E-state index in [2.05, 4.69) is 31.7 Å². The van der Waals surface area contributed by atoms with Crippen LogP contribution in [0.25, 0.3) is 11.3 Å². The Kier molecular flexibility index (Phi) is 6.01. The highest BCUT2D eigenvalue weighted by atomic mass is 35.5. The van der Waals surface area contributed by atoms with Crippen LogP contribution in [0.1, 0.15) is 41.4 Å². The van der Waals surface area contributed by atoms with E-state index in [1.807, 2.05) is 13.0 Å². The number of aromatic nitrogens is 3. The van der Waals surface area contributed by atoms with Crippen molar-refractivity contribution < 1.29 is 9.90 Å². The Hall–Kier alpha value is -3.74. The molecule has 5 rings (SSSR count). The van der Waals surface area contributed by atoms with Crippen molar-refractivity contribution in [3.8, 4) is 17.3 Å². The molecule has 4 heterocycles. The first-order valence-corrected chi connectivity index (χ1v) is 11.8. The molecule has 1 fully saturated rings. The molecule has 0 aliphatic carbocycles. The molecule has 2 aliphatic rings. The van der Waals surface area contributed by atoms with Gasteiger partial charge in [0.05, 0.1) is 34.3 Å². The van der Waals surface area contributed by atoms with E-state index in [1.54, 1.807) is 29.3 Å². The first kappa shape index (κ1) is 23.0. The number of pyridine rings is 1. The normalized spacial score (nSPS) is 18.6. The molecule has 10 heteroatoms. The van der Waals surface area contributed by atoms with Gasteiger partial charge in [-0.15, -0.1) is 0 Å². The summed E-state index contributed by atoms with van der Waals surface area (Å²) >= 11 is 6.18. The third kappa shape index (κ3) is 4.27. The van der Waals surface area contributed by atoms with E-state index in [-0.39, 0.29) is 24.2 Å². The van der Waals surface area contributed by atoms with E-state index in [9.17, 15) is 15.2 Å². The van der Waals surface area contributed by atoms with Crippen molar-refractivity contribution in [2.45, 2.75) is 25.2 Å². The lowest BCUT2D eigenvalue weighted by molar-refractivity contribution is 0.0788. The smallest absolute Gasteiger partial charge is 0.274 e. The van der Waals surface area contributed by atoms with Crippen molar-refractivity contribution in [1.82, 2.24) is 19.9 Å². The zero-order chi connectivity index (χ0) is 24.6. The molecule has 0 bridgehead atoms. The molecule has 3 aromatic rings. The number of nitrogens with zero attached hydrogens (tertiary/aromatic N) is 5. The van der Waals surface area contributed by atoms with Crippen molar-refractivity contribution in [3.05, 3.63) is 58.5 Å². The van der Waals surface area contributed by atoms with E-state index in [0.717, 1.165) is 29.7 Å². The standard InChI is InChI=1S/C25H24ClN7O2/c1-25(14-34)13-30-21-16(11-27)8-15(9-18(21)25)19-4-5-28-24(31-19)32-20-10-17(26)12-29-22(20)23(35)33-6-2-3-7-33/h4-5,8-10,12,30,34H,2-3,6-7,13-14H2,1H3,(H,28,31,32). The number of rotatable bonds is 5. The number of hydrogen-bond donors (Lipinski definition) is 3. The molecule has 0 radical (unpaired) electrons. The first-order chi connectivity index (χ1) is 16.9. The number of hydrogen-bond acceptors (Lipinski definition) is 8. The molecule has 1 saturated heterocycles. The fraction of sp³-hybridized carbons (Fsp3) is 0.320. The highest BCUT2D eigenvalue weighted by Gasteiger charge is 2.36. The minimum absolute atomic E-state index is 0.0481. The topological polar surface area (TPSA) is 127 Å². The predicted octanol–water partition coefficient (Wildman–Crippen LogP) is 3.72. The van der Waals surface area contributed by atoms with Crippen LogP contribution in [0.3, 0.4) is 0 Å². The van der Waals surface area contributed by atoms with Crippen LogP contribution in [0.4, 0.5) is 17.3 Å². The van der Waals surface area contributed by atoms with Crippen molar-refractivity contribution >= 4 is 34.8 Å². The predicted molar refractivity (Wildman–Crippen MR) is 133 cm³/mol. The maximum absolute atomic E-state index is 13.0. The first-order valence-electron chi connectivity index (χ1n) is 11.4. The van der Waals surface area contributed by atoms with Crippen LogP contribution in [0.5, 0.6) is 0 Å². The fourth-order valence-corrected chi connectivity index (χ4v) is 4.70. The summed E-state index contributed by atoms with van der Waals surface area (Å²) in [6, 6.07) is 9.34. The lowest BCUT2D eigenvalue weighted by Gasteiger charge is -2.21. The second kappa shape index (κ2) is 9.13. The minimum atomic E-state index is -0.498. The summed E-state index contributed by atoms with van der Waals surface area (Å²) in [5, 5.41) is 26.4. The lowest BCUT2D eigenvalue weighted by atomic mass is 9.83. The summed E-state index contributed by atoms with van der Waals surface area (Å²) in [7, 11) is 0. The lowest BCUT2D eigenvalue weighted by Crippen LogP contribution is -2.29. The molecule has 1 amide bonds. The van der Waals surface area contributed by atoms with Crippen LogP contribution < -0.4 is 10.6 Å². The number of halogens is 1. The van der Waals surface area contributed by atoms with E-state index < -0.39 is 5.41 Å². The molecule has 1 atom stereocenters. The van der Waals surface area contributed by atoms with Gasteiger partial charge >= 0.3 is 0 Å². The van der Waals surface area contributed by atoms with Crippen LogP contribution in [-0.4, -0.2) is 57.1 Å². The maximum Gasteiger partial charge on any atom is 0.274 e. The van der Waals surface area contributed by atoms with E-state index in [4.69, 9.17) is 11.6 Å². The SMILES string of the molecule is CC1(CO)CNc2c(C#N)cc(-c3ccnc(Nc4cc(Cl)cnc4C(=O)N4CCCC4)n3)cc21. The average molecular weight is 490 g/mol.